The van der Waals surface area contributed by atoms with E-state index in [-0.39, 0.29) is 5.91 Å². The highest BCUT2D eigenvalue weighted by atomic mass is 32.2. The number of piperazine rings is 1. The Morgan fingerprint density at radius 3 is 2.35 bits per heavy atom. The third-order valence-electron chi connectivity index (χ3n) is 6.21. The van der Waals surface area contributed by atoms with Gasteiger partial charge in [0.25, 0.3) is 0 Å². The number of nitrogens with one attached hydrogen (secondary N) is 1. The maximum atomic E-state index is 12.6. The molecule has 2 heterocycles. The number of hydrogen-bond acceptors (Lipinski definition) is 5. The highest BCUT2D eigenvalue weighted by Crippen LogP contribution is 2.17. The van der Waals surface area contributed by atoms with Crippen molar-refractivity contribution in [3.8, 4) is 0 Å². The first-order chi connectivity index (χ1) is 15.2. The number of thioether (sulfide) groups is 1. The molecule has 2 saturated heterocycles. The summed E-state index contributed by atoms with van der Waals surface area (Å²) in [6.07, 6.45) is 0. The van der Waals surface area contributed by atoms with Gasteiger partial charge in [-0.15, -0.1) is 0 Å². The van der Waals surface area contributed by atoms with Crippen molar-refractivity contribution in [3.05, 3.63) is 65.2 Å². The van der Waals surface area contributed by atoms with Gasteiger partial charge in [-0.1, -0.05) is 36.4 Å². The van der Waals surface area contributed by atoms with Crippen LogP contribution < -0.4 is 5.32 Å². The Morgan fingerprint density at radius 2 is 1.58 bits per heavy atom. The van der Waals surface area contributed by atoms with Gasteiger partial charge in [-0.25, -0.2) is 0 Å². The molecule has 2 fully saturated rings. The molecule has 0 radical (unpaired) electrons. The van der Waals surface area contributed by atoms with Crippen LogP contribution in [0.2, 0.25) is 0 Å². The van der Waals surface area contributed by atoms with E-state index < -0.39 is 0 Å². The van der Waals surface area contributed by atoms with Crippen molar-refractivity contribution in [1.82, 2.24) is 14.7 Å². The van der Waals surface area contributed by atoms with Crippen molar-refractivity contribution in [3.63, 3.8) is 0 Å². The monoisotopic (exact) mass is 438 g/mol. The van der Waals surface area contributed by atoms with E-state index in [9.17, 15) is 4.79 Å². The molecule has 2 aliphatic heterocycles. The third-order valence-corrected chi connectivity index (χ3v) is 7.15. The number of hydrogen-bond donors (Lipinski definition) is 1. The molecule has 4 rings (SSSR count). The van der Waals surface area contributed by atoms with Crippen LogP contribution in [0.25, 0.3) is 0 Å². The molecular weight excluding hydrogens is 404 g/mol. The lowest BCUT2D eigenvalue weighted by Gasteiger charge is -2.34. The molecule has 6 heteroatoms. The maximum Gasteiger partial charge on any atom is 0.238 e. The minimum absolute atomic E-state index is 0.0823. The lowest BCUT2D eigenvalue weighted by Crippen LogP contribution is -2.48. The van der Waals surface area contributed by atoms with Crippen LogP contribution in [0.1, 0.15) is 16.7 Å². The van der Waals surface area contributed by atoms with Gasteiger partial charge in [0.1, 0.15) is 0 Å². The summed E-state index contributed by atoms with van der Waals surface area (Å²) in [6, 6.07) is 16.9. The summed E-state index contributed by atoms with van der Waals surface area (Å²) >= 11 is 2.03. The zero-order valence-electron chi connectivity index (χ0n) is 18.6. The first-order valence-electron chi connectivity index (χ1n) is 11.3. The second-order valence-electron chi connectivity index (χ2n) is 8.62. The average Bonchev–Trinajstić information content (AvgIpc) is 2.77. The van der Waals surface area contributed by atoms with Gasteiger partial charge in [-0.2, -0.15) is 11.8 Å². The molecule has 5 nitrogen and oxygen atoms in total. The quantitative estimate of drug-likeness (QED) is 0.718. The second kappa shape index (κ2) is 11.1. The lowest BCUT2D eigenvalue weighted by atomic mass is 10.1. The number of rotatable bonds is 7. The van der Waals surface area contributed by atoms with E-state index in [0.29, 0.717) is 6.54 Å². The number of carbonyl (C=O) groups excluding carboxylic acids is 1. The molecule has 2 aromatic rings. The summed E-state index contributed by atoms with van der Waals surface area (Å²) in [5.41, 5.74) is 4.93. The Morgan fingerprint density at radius 1 is 0.871 bits per heavy atom. The highest BCUT2D eigenvalue weighted by Gasteiger charge is 2.19. The molecule has 1 amide bonds. The molecule has 1 N–H and O–H groups in total. The fraction of sp³-hybridized carbons (Fsp3) is 0.480. The summed E-state index contributed by atoms with van der Waals surface area (Å²) in [4.78, 5) is 19.9. The van der Waals surface area contributed by atoms with Crippen molar-refractivity contribution < 1.29 is 4.79 Å². The van der Waals surface area contributed by atoms with Crippen LogP contribution in [0.3, 0.4) is 0 Å². The number of amides is 1. The van der Waals surface area contributed by atoms with Gasteiger partial charge in [0.15, 0.2) is 0 Å². The Kier molecular flexibility index (Phi) is 8.03. The van der Waals surface area contributed by atoms with E-state index >= 15 is 0 Å². The van der Waals surface area contributed by atoms with Gasteiger partial charge in [0, 0.05) is 69.6 Å². The normalized spacial score (nSPS) is 18.7. The summed E-state index contributed by atoms with van der Waals surface area (Å²) in [5, 5.41) is 3.11. The first kappa shape index (κ1) is 22.3. The second-order valence-corrected chi connectivity index (χ2v) is 9.84. The summed E-state index contributed by atoms with van der Waals surface area (Å²) in [6.45, 7) is 10.8. The molecule has 31 heavy (non-hydrogen) atoms. The van der Waals surface area contributed by atoms with E-state index in [2.05, 4.69) is 63.3 Å². The molecule has 2 aromatic carbocycles. The Bertz CT molecular complexity index is 860. The lowest BCUT2D eigenvalue weighted by molar-refractivity contribution is -0.117. The molecule has 0 aromatic heterocycles. The van der Waals surface area contributed by atoms with Crippen LogP contribution in [0.5, 0.6) is 0 Å². The largest absolute Gasteiger partial charge is 0.325 e. The van der Waals surface area contributed by atoms with Crippen LogP contribution >= 0.6 is 11.8 Å². The van der Waals surface area contributed by atoms with E-state index in [4.69, 9.17) is 0 Å². The number of carbonyl (C=O) groups is 1. The standard InChI is InChI=1S/C25H34N4OS/c1-21-5-2-3-7-23(21)19-27-9-11-28(12-10-27)20-25(30)26-24-8-4-6-22(17-24)18-29-13-15-31-16-14-29/h2-8,17H,9-16,18-20H2,1H3,(H,26,30). The van der Waals surface area contributed by atoms with Crippen molar-refractivity contribution in [2.45, 2.75) is 20.0 Å². The number of benzene rings is 2. The SMILES string of the molecule is Cc1ccccc1CN1CCN(CC(=O)Nc2cccc(CN3CCSCC3)c2)CC1. The number of aryl methyl sites for hydroxylation is 1. The summed E-state index contributed by atoms with van der Waals surface area (Å²) in [5.74, 6) is 2.52. The summed E-state index contributed by atoms with van der Waals surface area (Å²) in [7, 11) is 0. The number of nitrogens with zero attached hydrogens (tertiary/aromatic N) is 3. The minimum atomic E-state index is 0.0823. The van der Waals surface area contributed by atoms with Crippen LogP contribution in [0.15, 0.2) is 48.5 Å². The Hall–Kier alpha value is -1.86. The highest BCUT2D eigenvalue weighted by molar-refractivity contribution is 7.99. The minimum Gasteiger partial charge on any atom is -0.325 e. The maximum absolute atomic E-state index is 12.6. The Labute approximate surface area is 190 Å². The molecule has 0 unspecified atom stereocenters. The molecule has 0 bridgehead atoms. The molecular formula is C25H34N4OS. The molecule has 0 aliphatic carbocycles. The zero-order valence-corrected chi connectivity index (χ0v) is 19.4. The van der Waals surface area contributed by atoms with Gasteiger partial charge in [-0.3, -0.25) is 19.5 Å². The molecule has 0 atom stereocenters. The topological polar surface area (TPSA) is 38.8 Å². The average molecular weight is 439 g/mol. The molecule has 0 spiro atoms. The van der Waals surface area contributed by atoms with Gasteiger partial charge in [0.05, 0.1) is 6.54 Å². The summed E-state index contributed by atoms with van der Waals surface area (Å²) < 4.78 is 0. The van der Waals surface area contributed by atoms with E-state index in [1.165, 1.54) is 28.2 Å². The first-order valence-corrected chi connectivity index (χ1v) is 12.5. The fourth-order valence-corrected chi connectivity index (χ4v) is 5.28. The van der Waals surface area contributed by atoms with Gasteiger partial charge < -0.3 is 5.32 Å². The van der Waals surface area contributed by atoms with Gasteiger partial charge >= 0.3 is 0 Å². The van der Waals surface area contributed by atoms with Crippen molar-refractivity contribution in [1.29, 1.82) is 0 Å². The fourth-order valence-electron chi connectivity index (χ4n) is 4.30. The number of anilines is 1. The molecule has 166 valence electrons. The van der Waals surface area contributed by atoms with Gasteiger partial charge in [-0.05, 0) is 35.7 Å². The van der Waals surface area contributed by atoms with Crippen LogP contribution in [0, 0.1) is 6.92 Å². The molecule has 2 aliphatic rings. The predicted octanol–water partition coefficient (Wildman–Crippen LogP) is 3.30. The predicted molar refractivity (Wildman–Crippen MR) is 131 cm³/mol. The Balaban J connectivity index is 1.21. The van der Waals surface area contributed by atoms with Crippen LogP contribution in [0.4, 0.5) is 5.69 Å². The third kappa shape index (κ3) is 6.81. The smallest absolute Gasteiger partial charge is 0.238 e. The van der Waals surface area contributed by atoms with Crippen molar-refractivity contribution >= 4 is 23.4 Å². The van der Waals surface area contributed by atoms with Crippen molar-refractivity contribution in [2.75, 3.05) is 62.6 Å². The van der Waals surface area contributed by atoms with E-state index in [1.54, 1.807) is 0 Å². The van der Waals surface area contributed by atoms with Gasteiger partial charge in [0.2, 0.25) is 5.91 Å². The van der Waals surface area contributed by atoms with Crippen LogP contribution in [-0.4, -0.2) is 77.9 Å². The van der Waals surface area contributed by atoms with Crippen LogP contribution in [-0.2, 0) is 17.9 Å². The zero-order chi connectivity index (χ0) is 21.5. The molecule has 0 saturated carbocycles. The van der Waals surface area contributed by atoms with E-state index in [1.807, 2.05) is 23.9 Å². The van der Waals surface area contributed by atoms with Crippen molar-refractivity contribution in [2.24, 2.45) is 0 Å². The van der Waals surface area contributed by atoms with E-state index in [0.717, 1.165) is 58.0 Å².